The zero-order valence-electron chi connectivity index (χ0n) is 13.1. The quantitative estimate of drug-likeness (QED) is 0.878. The van der Waals surface area contributed by atoms with Gasteiger partial charge >= 0.3 is 0 Å². The van der Waals surface area contributed by atoms with Crippen LogP contribution in [0.3, 0.4) is 0 Å². The fourth-order valence-corrected chi connectivity index (χ4v) is 3.62. The molecule has 3 rings (SSSR count). The van der Waals surface area contributed by atoms with E-state index in [1.807, 2.05) is 0 Å². The van der Waals surface area contributed by atoms with E-state index in [1.54, 1.807) is 0 Å². The molecule has 1 aromatic rings. The summed E-state index contributed by atoms with van der Waals surface area (Å²) in [6, 6.07) is 8.24. The van der Waals surface area contributed by atoms with Gasteiger partial charge < -0.3 is 10.2 Å². The number of likely N-dealkylation sites (N-methyl/N-ethyl adjacent to an activating group) is 1. The molecule has 4 heteroatoms. The highest BCUT2D eigenvalue weighted by Gasteiger charge is 2.23. The molecule has 1 heterocycles. The van der Waals surface area contributed by atoms with Gasteiger partial charge in [-0.1, -0.05) is 28.9 Å². The molecule has 116 valence electrons. The summed E-state index contributed by atoms with van der Waals surface area (Å²) < 4.78 is 1.23. The lowest BCUT2D eigenvalue weighted by Gasteiger charge is -2.40. The average Bonchev–Trinajstić information content (AvgIpc) is 3.30. The van der Waals surface area contributed by atoms with Gasteiger partial charge in [0.2, 0.25) is 0 Å². The first-order valence-corrected chi connectivity index (χ1v) is 8.97. The highest BCUT2D eigenvalue weighted by atomic mass is 79.9. The number of hydrogen-bond donors (Lipinski definition) is 1. The second-order valence-corrected chi connectivity index (χ2v) is 7.21. The minimum atomic E-state index is 0.638. The lowest BCUT2D eigenvalue weighted by Crippen LogP contribution is -2.51. The number of piperazine rings is 1. The first-order valence-electron chi connectivity index (χ1n) is 8.18. The average molecular weight is 352 g/mol. The van der Waals surface area contributed by atoms with Crippen molar-refractivity contribution in [3.63, 3.8) is 0 Å². The molecule has 1 N–H and O–H groups in total. The number of halogens is 1. The maximum absolute atomic E-state index is 3.75. The zero-order valence-corrected chi connectivity index (χ0v) is 14.7. The van der Waals surface area contributed by atoms with Gasteiger partial charge in [0.15, 0.2) is 0 Å². The van der Waals surface area contributed by atoms with E-state index < -0.39 is 0 Å². The van der Waals surface area contributed by atoms with Crippen molar-refractivity contribution in [1.29, 1.82) is 0 Å². The van der Waals surface area contributed by atoms with Crippen LogP contribution in [0.1, 0.15) is 32.3 Å². The van der Waals surface area contributed by atoms with Crippen LogP contribution in [-0.4, -0.2) is 43.2 Å². The molecule has 1 aliphatic heterocycles. The van der Waals surface area contributed by atoms with E-state index in [4.69, 9.17) is 0 Å². The van der Waals surface area contributed by atoms with E-state index in [-0.39, 0.29) is 0 Å². The smallest absolute Gasteiger partial charge is 0.0378 e. The van der Waals surface area contributed by atoms with Gasteiger partial charge in [-0.25, -0.2) is 0 Å². The van der Waals surface area contributed by atoms with E-state index in [1.165, 1.54) is 35.1 Å². The Morgan fingerprint density at radius 3 is 2.71 bits per heavy atom. The first kappa shape index (κ1) is 15.3. The Morgan fingerprint density at radius 1 is 1.29 bits per heavy atom. The fourth-order valence-electron chi connectivity index (χ4n) is 3.12. The highest BCUT2D eigenvalue weighted by molar-refractivity contribution is 9.10. The molecule has 0 radical (unpaired) electrons. The SMILES string of the molecule is CCN1CCN(c2ccc(CNC3CC3)c(Br)c2)CC1C. The Kier molecular flexibility index (Phi) is 4.87. The van der Waals surface area contributed by atoms with E-state index in [9.17, 15) is 0 Å². The molecular formula is C17H26BrN3. The summed E-state index contributed by atoms with van der Waals surface area (Å²) in [6.07, 6.45) is 2.69. The number of anilines is 1. The topological polar surface area (TPSA) is 18.5 Å². The molecule has 3 nitrogen and oxygen atoms in total. The third-order valence-electron chi connectivity index (χ3n) is 4.73. The number of nitrogens with zero attached hydrogens (tertiary/aromatic N) is 2. The van der Waals surface area contributed by atoms with Crippen molar-refractivity contribution in [1.82, 2.24) is 10.2 Å². The maximum atomic E-state index is 3.75. The predicted molar refractivity (Wildman–Crippen MR) is 92.9 cm³/mol. The third kappa shape index (κ3) is 3.79. The first-order chi connectivity index (χ1) is 10.2. The van der Waals surface area contributed by atoms with Crippen LogP contribution < -0.4 is 10.2 Å². The Bertz CT molecular complexity index is 487. The van der Waals surface area contributed by atoms with E-state index in [0.29, 0.717) is 6.04 Å². The van der Waals surface area contributed by atoms with Gasteiger partial charge in [0.1, 0.15) is 0 Å². The lowest BCUT2D eigenvalue weighted by atomic mass is 10.1. The summed E-state index contributed by atoms with van der Waals surface area (Å²) in [5.74, 6) is 0. The Labute approximate surface area is 136 Å². The minimum absolute atomic E-state index is 0.638. The highest BCUT2D eigenvalue weighted by Crippen LogP contribution is 2.27. The normalized spacial score (nSPS) is 23.6. The van der Waals surface area contributed by atoms with Gasteiger partial charge in [0.25, 0.3) is 0 Å². The largest absolute Gasteiger partial charge is 0.369 e. The van der Waals surface area contributed by atoms with Crippen LogP contribution >= 0.6 is 15.9 Å². The van der Waals surface area contributed by atoms with Gasteiger partial charge in [0, 0.05) is 48.4 Å². The second-order valence-electron chi connectivity index (χ2n) is 6.35. The van der Waals surface area contributed by atoms with Crippen LogP contribution in [0.2, 0.25) is 0 Å². The molecule has 0 spiro atoms. The van der Waals surface area contributed by atoms with Crippen molar-refractivity contribution in [3.8, 4) is 0 Å². The number of hydrogen-bond acceptors (Lipinski definition) is 3. The van der Waals surface area contributed by atoms with Crippen molar-refractivity contribution < 1.29 is 0 Å². The molecule has 0 amide bonds. The Hall–Kier alpha value is -0.580. The van der Waals surface area contributed by atoms with Gasteiger partial charge in [-0.3, -0.25) is 4.90 Å². The molecule has 2 fully saturated rings. The summed E-state index contributed by atoms with van der Waals surface area (Å²) in [6.45, 7) is 10.1. The Balaban J connectivity index is 1.64. The summed E-state index contributed by atoms with van der Waals surface area (Å²) in [5.41, 5.74) is 2.71. The zero-order chi connectivity index (χ0) is 14.8. The van der Waals surface area contributed by atoms with Crippen LogP contribution in [0.25, 0.3) is 0 Å². The van der Waals surface area contributed by atoms with E-state index >= 15 is 0 Å². The molecule has 21 heavy (non-hydrogen) atoms. The molecule has 1 saturated carbocycles. The van der Waals surface area contributed by atoms with Crippen LogP contribution in [0.5, 0.6) is 0 Å². The van der Waals surface area contributed by atoms with Crippen molar-refractivity contribution in [2.45, 2.75) is 45.3 Å². The summed E-state index contributed by atoms with van der Waals surface area (Å²) in [5, 5.41) is 3.58. The number of nitrogens with one attached hydrogen (secondary N) is 1. The molecular weight excluding hydrogens is 326 g/mol. The number of rotatable bonds is 5. The van der Waals surface area contributed by atoms with Crippen LogP contribution in [0, 0.1) is 0 Å². The molecule has 0 bridgehead atoms. The van der Waals surface area contributed by atoms with Gasteiger partial charge in [-0.2, -0.15) is 0 Å². The Morgan fingerprint density at radius 2 is 2.10 bits per heavy atom. The van der Waals surface area contributed by atoms with Gasteiger partial charge in [-0.05, 0) is 44.0 Å². The molecule has 1 atom stereocenters. The molecule has 2 aliphatic rings. The van der Waals surface area contributed by atoms with Gasteiger partial charge in [0.05, 0.1) is 0 Å². The van der Waals surface area contributed by atoms with Crippen molar-refractivity contribution >= 4 is 21.6 Å². The predicted octanol–water partition coefficient (Wildman–Crippen LogP) is 3.23. The second kappa shape index (κ2) is 6.67. The molecule has 0 aromatic heterocycles. The van der Waals surface area contributed by atoms with E-state index in [2.05, 4.69) is 63.1 Å². The third-order valence-corrected chi connectivity index (χ3v) is 5.47. The summed E-state index contributed by atoms with van der Waals surface area (Å²) in [4.78, 5) is 5.07. The fraction of sp³-hybridized carbons (Fsp3) is 0.647. The molecule has 1 aliphatic carbocycles. The van der Waals surface area contributed by atoms with Crippen LogP contribution in [-0.2, 0) is 6.54 Å². The van der Waals surface area contributed by atoms with E-state index in [0.717, 1.165) is 32.2 Å². The van der Waals surface area contributed by atoms with Crippen LogP contribution in [0.4, 0.5) is 5.69 Å². The lowest BCUT2D eigenvalue weighted by molar-refractivity contribution is 0.199. The number of benzene rings is 1. The maximum Gasteiger partial charge on any atom is 0.0378 e. The summed E-state index contributed by atoms with van der Waals surface area (Å²) in [7, 11) is 0. The molecule has 1 aromatic carbocycles. The van der Waals surface area contributed by atoms with Crippen molar-refractivity contribution in [2.24, 2.45) is 0 Å². The standard InChI is InChI=1S/C17H26BrN3/c1-3-20-8-9-21(12-13(20)2)16-7-4-14(17(18)10-16)11-19-15-5-6-15/h4,7,10,13,15,19H,3,5-6,8-9,11-12H2,1-2H3. The van der Waals surface area contributed by atoms with Crippen molar-refractivity contribution in [3.05, 3.63) is 28.2 Å². The van der Waals surface area contributed by atoms with Crippen molar-refractivity contribution in [2.75, 3.05) is 31.1 Å². The monoisotopic (exact) mass is 351 g/mol. The summed E-state index contributed by atoms with van der Waals surface area (Å²) >= 11 is 3.75. The van der Waals surface area contributed by atoms with Crippen LogP contribution in [0.15, 0.2) is 22.7 Å². The molecule has 1 unspecified atom stereocenters. The van der Waals surface area contributed by atoms with Gasteiger partial charge in [-0.15, -0.1) is 0 Å². The minimum Gasteiger partial charge on any atom is -0.369 e. The molecule has 1 saturated heterocycles.